The van der Waals surface area contributed by atoms with Crippen LogP contribution >= 0.6 is 0 Å². The van der Waals surface area contributed by atoms with Crippen LogP contribution in [-0.4, -0.2) is 0 Å². The standard InChI is InChI=1S/C29H46/c1-3-5-23-8-12-25(13-9-23)27-16-20-29(21-17-27)28-18-14-26(15-19-28)24-10-6-22(4-2)7-11-24/h14-15,18-19,22-25,27,29H,3-13,16-17,20-21H2,1-2H3/t22-,23-,24-,25-,27-,29-. The third-order valence-corrected chi connectivity index (χ3v) is 9.33. The zero-order chi connectivity index (χ0) is 20.1. The van der Waals surface area contributed by atoms with Crippen LogP contribution in [0.15, 0.2) is 24.3 Å². The van der Waals surface area contributed by atoms with Crippen LogP contribution in [0.5, 0.6) is 0 Å². The smallest absolute Gasteiger partial charge is 0.0162 e. The van der Waals surface area contributed by atoms with Crippen molar-refractivity contribution in [3.05, 3.63) is 35.4 Å². The normalized spacial score (nSPS) is 36.1. The summed E-state index contributed by atoms with van der Waals surface area (Å²) < 4.78 is 0. The summed E-state index contributed by atoms with van der Waals surface area (Å²) in [5, 5.41) is 0. The monoisotopic (exact) mass is 394 g/mol. The van der Waals surface area contributed by atoms with E-state index < -0.39 is 0 Å². The van der Waals surface area contributed by atoms with Crippen LogP contribution in [0.2, 0.25) is 0 Å². The van der Waals surface area contributed by atoms with Gasteiger partial charge in [0.2, 0.25) is 0 Å². The minimum Gasteiger partial charge on any atom is -0.0654 e. The Bertz CT molecular complexity index is 575. The van der Waals surface area contributed by atoms with Gasteiger partial charge < -0.3 is 0 Å². The van der Waals surface area contributed by atoms with E-state index in [0.29, 0.717) is 0 Å². The van der Waals surface area contributed by atoms with Gasteiger partial charge in [-0.15, -0.1) is 0 Å². The SMILES string of the molecule is CCC[C@H]1CC[C@H]([C@H]2CC[C@H](c3ccc([C@H]4CC[C@H](CC)CC4)cc3)CC2)CC1. The van der Waals surface area contributed by atoms with Crippen LogP contribution in [0.3, 0.4) is 0 Å². The highest BCUT2D eigenvalue weighted by Gasteiger charge is 2.31. The number of rotatable bonds is 6. The Hall–Kier alpha value is -0.780. The van der Waals surface area contributed by atoms with E-state index in [-0.39, 0.29) is 0 Å². The average Bonchev–Trinajstić information content (AvgIpc) is 2.80. The van der Waals surface area contributed by atoms with Crippen molar-refractivity contribution in [2.75, 3.05) is 0 Å². The van der Waals surface area contributed by atoms with E-state index in [9.17, 15) is 0 Å². The van der Waals surface area contributed by atoms with Crippen LogP contribution < -0.4 is 0 Å². The van der Waals surface area contributed by atoms with Crippen LogP contribution in [-0.2, 0) is 0 Å². The fourth-order valence-electron chi connectivity index (χ4n) is 7.22. The minimum atomic E-state index is 0.838. The summed E-state index contributed by atoms with van der Waals surface area (Å²) in [4.78, 5) is 0. The zero-order valence-corrected chi connectivity index (χ0v) is 19.4. The number of hydrogen-bond donors (Lipinski definition) is 0. The van der Waals surface area contributed by atoms with Crippen molar-refractivity contribution in [1.82, 2.24) is 0 Å². The van der Waals surface area contributed by atoms with Crippen LogP contribution in [0.4, 0.5) is 0 Å². The number of benzene rings is 1. The summed E-state index contributed by atoms with van der Waals surface area (Å²) in [7, 11) is 0. The average molecular weight is 395 g/mol. The largest absolute Gasteiger partial charge is 0.0654 e. The van der Waals surface area contributed by atoms with Gasteiger partial charge in [0.15, 0.2) is 0 Å². The molecule has 0 aromatic heterocycles. The molecule has 4 rings (SSSR count). The molecule has 162 valence electrons. The van der Waals surface area contributed by atoms with E-state index in [4.69, 9.17) is 0 Å². The molecule has 0 saturated heterocycles. The summed E-state index contributed by atoms with van der Waals surface area (Å²) >= 11 is 0. The first-order valence-corrected chi connectivity index (χ1v) is 13.4. The highest BCUT2D eigenvalue weighted by molar-refractivity contribution is 5.28. The van der Waals surface area contributed by atoms with E-state index in [1.54, 1.807) is 11.1 Å². The van der Waals surface area contributed by atoms with Gasteiger partial charge in [0.05, 0.1) is 0 Å². The lowest BCUT2D eigenvalue weighted by atomic mass is 9.68. The lowest BCUT2D eigenvalue weighted by molar-refractivity contribution is 0.156. The molecule has 0 amide bonds. The van der Waals surface area contributed by atoms with Gasteiger partial charge in [-0.05, 0) is 111 Å². The van der Waals surface area contributed by atoms with Gasteiger partial charge in [-0.25, -0.2) is 0 Å². The Labute approximate surface area is 181 Å². The topological polar surface area (TPSA) is 0 Å². The quantitative estimate of drug-likeness (QED) is 0.451. The second-order valence-corrected chi connectivity index (χ2v) is 11.0. The fourth-order valence-corrected chi connectivity index (χ4v) is 7.22. The molecule has 0 aliphatic heterocycles. The predicted molar refractivity (Wildman–Crippen MR) is 126 cm³/mol. The maximum atomic E-state index is 2.50. The summed E-state index contributed by atoms with van der Waals surface area (Å²) in [6.45, 7) is 4.72. The molecule has 1 aromatic rings. The minimum absolute atomic E-state index is 0.838. The molecular weight excluding hydrogens is 348 g/mol. The molecule has 0 atom stereocenters. The van der Waals surface area contributed by atoms with Crippen molar-refractivity contribution in [1.29, 1.82) is 0 Å². The Balaban J connectivity index is 1.24. The molecule has 3 fully saturated rings. The third-order valence-electron chi connectivity index (χ3n) is 9.33. The van der Waals surface area contributed by atoms with Crippen LogP contribution in [0, 0.1) is 23.7 Å². The van der Waals surface area contributed by atoms with E-state index in [1.807, 2.05) is 0 Å². The van der Waals surface area contributed by atoms with E-state index in [1.165, 1.54) is 96.3 Å². The summed E-state index contributed by atoms with van der Waals surface area (Å²) in [5.41, 5.74) is 3.27. The summed E-state index contributed by atoms with van der Waals surface area (Å²) in [6.07, 6.45) is 22.0. The highest BCUT2D eigenvalue weighted by Crippen LogP contribution is 2.45. The van der Waals surface area contributed by atoms with Gasteiger partial charge in [0, 0.05) is 0 Å². The van der Waals surface area contributed by atoms with Gasteiger partial charge in [-0.2, -0.15) is 0 Å². The van der Waals surface area contributed by atoms with Crippen molar-refractivity contribution in [2.24, 2.45) is 23.7 Å². The Kier molecular flexibility index (Phi) is 7.77. The van der Waals surface area contributed by atoms with E-state index in [0.717, 1.165) is 35.5 Å². The lowest BCUT2D eigenvalue weighted by Gasteiger charge is -2.38. The van der Waals surface area contributed by atoms with Crippen LogP contribution in [0.1, 0.15) is 133 Å². The fraction of sp³-hybridized carbons (Fsp3) is 0.793. The molecule has 0 heteroatoms. The third kappa shape index (κ3) is 5.48. The highest BCUT2D eigenvalue weighted by atomic mass is 14.4. The zero-order valence-electron chi connectivity index (χ0n) is 19.4. The molecule has 3 aliphatic carbocycles. The molecular formula is C29H46. The van der Waals surface area contributed by atoms with Crippen molar-refractivity contribution in [3.8, 4) is 0 Å². The Morgan fingerprint density at radius 3 is 1.41 bits per heavy atom. The second-order valence-electron chi connectivity index (χ2n) is 11.0. The van der Waals surface area contributed by atoms with Crippen LogP contribution in [0.25, 0.3) is 0 Å². The molecule has 0 unspecified atom stereocenters. The maximum absolute atomic E-state index is 2.50. The first-order chi connectivity index (χ1) is 14.3. The second kappa shape index (κ2) is 10.5. The Morgan fingerprint density at radius 1 is 0.552 bits per heavy atom. The van der Waals surface area contributed by atoms with Crippen molar-refractivity contribution in [2.45, 2.75) is 122 Å². The van der Waals surface area contributed by atoms with Crippen molar-refractivity contribution < 1.29 is 0 Å². The molecule has 29 heavy (non-hydrogen) atoms. The van der Waals surface area contributed by atoms with E-state index >= 15 is 0 Å². The molecule has 1 aromatic carbocycles. The van der Waals surface area contributed by atoms with E-state index in [2.05, 4.69) is 38.1 Å². The summed E-state index contributed by atoms with van der Waals surface area (Å²) in [6, 6.07) is 9.99. The van der Waals surface area contributed by atoms with Gasteiger partial charge in [0.1, 0.15) is 0 Å². The first-order valence-electron chi connectivity index (χ1n) is 13.4. The number of hydrogen-bond acceptors (Lipinski definition) is 0. The van der Waals surface area contributed by atoms with Gasteiger partial charge >= 0.3 is 0 Å². The molecule has 3 aliphatic rings. The van der Waals surface area contributed by atoms with Crippen molar-refractivity contribution in [3.63, 3.8) is 0 Å². The molecule has 0 radical (unpaired) electrons. The molecule has 0 bridgehead atoms. The van der Waals surface area contributed by atoms with Crippen molar-refractivity contribution >= 4 is 0 Å². The molecule has 0 heterocycles. The molecule has 3 saturated carbocycles. The first kappa shape index (κ1) is 21.5. The van der Waals surface area contributed by atoms with Gasteiger partial charge in [0.25, 0.3) is 0 Å². The maximum Gasteiger partial charge on any atom is -0.0162 e. The van der Waals surface area contributed by atoms with Gasteiger partial charge in [-0.3, -0.25) is 0 Å². The Morgan fingerprint density at radius 2 is 0.966 bits per heavy atom. The summed E-state index contributed by atoms with van der Waals surface area (Å²) in [5.74, 6) is 5.84. The lowest BCUT2D eigenvalue weighted by Crippen LogP contribution is -2.25. The molecule has 0 spiro atoms. The van der Waals surface area contributed by atoms with Gasteiger partial charge in [-0.1, -0.05) is 70.2 Å². The predicted octanol–water partition coefficient (Wildman–Crippen LogP) is 9.25. The molecule has 0 nitrogen and oxygen atoms in total. The molecule has 0 N–H and O–H groups in total.